The van der Waals surface area contributed by atoms with Gasteiger partial charge in [-0.1, -0.05) is 52.7 Å². The molecule has 0 radical (unpaired) electrons. The maximum atomic E-state index is 12.5. The van der Waals surface area contributed by atoms with Gasteiger partial charge < -0.3 is 95.6 Å². The van der Waals surface area contributed by atoms with Crippen molar-refractivity contribution >= 4 is 90.1 Å². The van der Waals surface area contributed by atoms with Crippen molar-refractivity contribution in [2.75, 3.05) is 111 Å². The molecule has 8 aromatic rings. The van der Waals surface area contributed by atoms with Gasteiger partial charge >= 0.3 is 0 Å². The molecule has 7 aliphatic rings. The van der Waals surface area contributed by atoms with E-state index < -0.39 is 23.6 Å². The van der Waals surface area contributed by atoms with E-state index in [1.165, 1.54) is 5.69 Å². The Kier molecular flexibility index (Phi) is 24.4. The average molecular weight is 1480 g/mol. The first kappa shape index (κ1) is 76.8. The number of benzene rings is 5. The highest BCUT2D eigenvalue weighted by Gasteiger charge is 2.42. The number of nitrogens with zero attached hydrogens (tertiary/aromatic N) is 7. The molecule has 572 valence electrons. The number of aromatic nitrogens is 3. The van der Waals surface area contributed by atoms with E-state index in [9.17, 15) is 33.6 Å². The molecule has 6 bridgehead atoms. The maximum Gasteiger partial charge on any atom is 0.252 e. The van der Waals surface area contributed by atoms with E-state index in [1.807, 2.05) is 31.2 Å². The molecule has 108 heavy (non-hydrogen) atoms. The molecular formula is C79H94N12O17. The quantitative estimate of drug-likeness (QED) is 0.0878. The number of piperidine rings is 1. The zero-order valence-corrected chi connectivity index (χ0v) is 61.5. The number of carbonyl (C=O) groups excluding carboxylic acids is 7. The Morgan fingerprint density at radius 2 is 0.917 bits per heavy atom. The zero-order valence-electron chi connectivity index (χ0n) is 61.5. The lowest BCUT2D eigenvalue weighted by atomic mass is 9.80. The minimum absolute atomic E-state index is 0.0506. The van der Waals surface area contributed by atoms with Crippen LogP contribution in [0.5, 0.6) is 40.6 Å². The second-order valence-corrected chi connectivity index (χ2v) is 28.3. The molecule has 4 saturated heterocycles. The molecule has 29 nitrogen and oxygen atoms in total. The van der Waals surface area contributed by atoms with Gasteiger partial charge in [0.05, 0.1) is 67.3 Å². The predicted molar refractivity (Wildman–Crippen MR) is 401 cm³/mol. The van der Waals surface area contributed by atoms with Gasteiger partial charge in [-0.3, -0.25) is 33.6 Å². The molecule has 6 atom stereocenters. The number of primary amides is 4. The van der Waals surface area contributed by atoms with Crippen LogP contribution in [0.4, 0.5) is 5.69 Å². The number of rotatable bonds is 10. The van der Waals surface area contributed by atoms with Gasteiger partial charge in [0.15, 0.2) is 0 Å². The van der Waals surface area contributed by atoms with Gasteiger partial charge in [-0.25, -0.2) is 15.0 Å². The third-order valence-electron chi connectivity index (χ3n) is 21.3. The molecule has 29 heteroatoms. The highest BCUT2D eigenvalue weighted by molar-refractivity contribution is 6.06. The smallest absolute Gasteiger partial charge is 0.252 e. The van der Waals surface area contributed by atoms with E-state index in [1.54, 1.807) is 95.0 Å². The lowest BCUT2D eigenvalue weighted by Gasteiger charge is -2.40. The topological polar surface area (TPSA) is 394 Å². The minimum atomic E-state index is -0.573. The van der Waals surface area contributed by atoms with Crippen LogP contribution in [0, 0.1) is 23.2 Å². The number of carbonyl (C=O) groups is 7. The summed E-state index contributed by atoms with van der Waals surface area (Å²) in [6.07, 6.45) is 11.4. The predicted octanol–water partition coefficient (Wildman–Crippen LogP) is 7.63. The fourth-order valence-corrected chi connectivity index (χ4v) is 15.0. The molecule has 4 fully saturated rings. The van der Waals surface area contributed by atoms with Crippen molar-refractivity contribution < 1.29 is 80.9 Å². The van der Waals surface area contributed by atoms with E-state index in [-0.39, 0.29) is 119 Å². The Labute approximate surface area is 624 Å². The van der Waals surface area contributed by atoms with Gasteiger partial charge in [-0.2, -0.15) is 0 Å². The molecule has 0 aliphatic carbocycles. The number of pyridine rings is 3. The van der Waals surface area contributed by atoms with Crippen molar-refractivity contribution in [3.8, 4) is 40.6 Å². The first-order valence-corrected chi connectivity index (χ1v) is 36.6. The fourth-order valence-electron chi connectivity index (χ4n) is 15.0. The SMILES string of the molecule is CCC[C@@H]1CC(=O)N2COCCOc3cc4c(nccc4cc3C(N)=O)OC[C@H]12.CC[C@@H]1CC(=O)N2COCCOc3cc4c(nccc4cc3C(N)=O)OC[C@H]12.COc1cc2c(N3CCC(C)(CN)CC3)cccc2cc1C(N)=O.C[C@@H]1CC(=O)N2COCCOc3cc4c(nccc4cc3C(N)=O)OC[C@H]12. The number of methoxy groups -OCH3 is 1. The lowest BCUT2D eigenvalue weighted by molar-refractivity contribution is -0.136. The monoisotopic (exact) mass is 1480 g/mol. The van der Waals surface area contributed by atoms with Gasteiger partial charge in [0.1, 0.15) is 82.8 Å². The van der Waals surface area contributed by atoms with Gasteiger partial charge in [0.2, 0.25) is 35.4 Å². The van der Waals surface area contributed by atoms with Crippen molar-refractivity contribution in [2.45, 2.75) is 97.2 Å². The Hall–Kier alpha value is -10.9. The van der Waals surface area contributed by atoms with Crippen LogP contribution >= 0.6 is 0 Å². The Bertz CT molecular complexity index is 4670. The first-order chi connectivity index (χ1) is 52.2. The summed E-state index contributed by atoms with van der Waals surface area (Å²) in [6.45, 7) is 14.2. The van der Waals surface area contributed by atoms with Crippen LogP contribution in [0.3, 0.4) is 0 Å². The minimum Gasteiger partial charge on any atom is -0.496 e. The van der Waals surface area contributed by atoms with Gasteiger partial charge in [-0.05, 0) is 143 Å². The molecular weight excluding hydrogens is 1390 g/mol. The molecule has 10 heterocycles. The lowest BCUT2D eigenvalue weighted by Crippen LogP contribution is -2.42. The van der Waals surface area contributed by atoms with Crippen molar-refractivity contribution in [3.63, 3.8) is 0 Å². The average Bonchev–Trinajstić information content (AvgIpc) is 1.25. The number of fused-ring (bicyclic) bond motifs is 7. The third kappa shape index (κ3) is 17.1. The van der Waals surface area contributed by atoms with Crippen molar-refractivity contribution in [1.82, 2.24) is 29.7 Å². The molecule has 0 spiro atoms. The van der Waals surface area contributed by atoms with Crippen molar-refractivity contribution in [1.29, 1.82) is 0 Å². The summed E-state index contributed by atoms with van der Waals surface area (Å²) in [5.74, 6) is 1.53. The molecule has 7 aliphatic heterocycles. The Balaban J connectivity index is 0.000000135. The Morgan fingerprint density at radius 3 is 1.34 bits per heavy atom. The molecule has 15 rings (SSSR count). The van der Waals surface area contributed by atoms with E-state index in [0.29, 0.717) is 102 Å². The molecule has 5 aromatic carbocycles. The molecule has 10 N–H and O–H groups in total. The largest absolute Gasteiger partial charge is 0.496 e. The summed E-state index contributed by atoms with van der Waals surface area (Å²) in [5.41, 5.74) is 30.6. The van der Waals surface area contributed by atoms with Gasteiger partial charge in [0.25, 0.3) is 23.6 Å². The summed E-state index contributed by atoms with van der Waals surface area (Å²) in [4.78, 5) is 105. The highest BCUT2D eigenvalue weighted by atomic mass is 16.5. The van der Waals surface area contributed by atoms with Crippen molar-refractivity contribution in [2.24, 2.45) is 51.8 Å². The van der Waals surface area contributed by atoms with E-state index in [4.69, 9.17) is 76.0 Å². The second-order valence-electron chi connectivity index (χ2n) is 28.3. The summed E-state index contributed by atoms with van der Waals surface area (Å²) in [6, 6.07) is 25.3. The normalized spacial score (nSPS) is 21.4. The van der Waals surface area contributed by atoms with E-state index in [0.717, 1.165) is 94.8 Å². The summed E-state index contributed by atoms with van der Waals surface area (Å²) in [7, 11) is 1.56. The maximum absolute atomic E-state index is 12.5. The van der Waals surface area contributed by atoms with Gasteiger partial charge in [-0.15, -0.1) is 0 Å². The van der Waals surface area contributed by atoms with Crippen LogP contribution in [0.1, 0.15) is 120 Å². The summed E-state index contributed by atoms with van der Waals surface area (Å²) < 4.78 is 57.7. The zero-order chi connectivity index (χ0) is 76.3. The molecule has 3 aromatic heterocycles. The first-order valence-electron chi connectivity index (χ1n) is 36.6. The number of nitrogens with two attached hydrogens (primary N) is 5. The van der Waals surface area contributed by atoms with Crippen molar-refractivity contribution in [3.05, 3.63) is 126 Å². The van der Waals surface area contributed by atoms with Crippen LogP contribution < -0.4 is 66.7 Å². The Morgan fingerprint density at radius 1 is 0.509 bits per heavy atom. The van der Waals surface area contributed by atoms with Crippen LogP contribution in [0.2, 0.25) is 0 Å². The van der Waals surface area contributed by atoms with E-state index in [2.05, 4.69) is 46.7 Å². The third-order valence-corrected chi connectivity index (χ3v) is 21.3. The van der Waals surface area contributed by atoms with Crippen LogP contribution in [0.15, 0.2) is 104 Å². The molecule has 0 unspecified atom stereocenters. The number of anilines is 1. The fraction of sp³-hybridized carbons (Fsp3) is 0.443. The highest BCUT2D eigenvalue weighted by Crippen LogP contribution is 2.41. The number of hydrogen-bond donors (Lipinski definition) is 5. The number of hydrogen-bond acceptors (Lipinski definition) is 22. The van der Waals surface area contributed by atoms with Crippen LogP contribution in [-0.2, 0) is 28.6 Å². The molecule has 7 amide bonds. The summed E-state index contributed by atoms with van der Waals surface area (Å²) in [5, 5.41) is 6.60. The molecule has 0 saturated carbocycles. The second kappa shape index (κ2) is 34.3. The van der Waals surface area contributed by atoms with Gasteiger partial charge in [0, 0.05) is 78.2 Å². The number of amides is 7. The van der Waals surface area contributed by atoms with E-state index >= 15 is 0 Å². The standard InChI is InChI=1S/C21H25N3O5.C20H23N3O5.C19H21N3O5.C19H25N3O2/c1-2-3-14-9-19(25)24-12-27-6-7-28-18-10-15-13(8-16(18)20(22)26)4-5-23-21(15)29-11-17(14)24;1-2-12-8-18(24)23-11-26-5-6-27-17-9-14-13(7-15(17)19(21)25)3-4-22-20(14)28-10-16(12)23;1-11-6-17(23)22-10-25-4-5-26-16-8-13-12(7-14(16)18(20)24)2-3-21-19(13)27-9-15(11)22;1-19(12-20)6-8-22(9-7-19)16-5-3-4-13-10-15(18(21)23)17(24-2)11-14(13)16/h4-5,8,10,14,17H,2-3,6-7,9,11-12H2,1H3,(H2,22,26);3-4,7,9,12,16H,2,5-6,8,10-11H2,1H3,(H2,21,25);2-3,7-8,11,15H,4-6,9-10H2,1H3,(H2,20,24);3-5,10-11H,6-9,12,20H2,1-2H3,(H2,21,23)/t14-,17-;12-,16-;11-,15-;/m111./s1. The summed E-state index contributed by atoms with van der Waals surface area (Å²) >= 11 is 0. The number of ether oxygens (including phenoxy) is 10. The van der Waals surface area contributed by atoms with Crippen LogP contribution in [-0.4, -0.2) is 196 Å². The van der Waals surface area contributed by atoms with Crippen LogP contribution in [0.25, 0.3) is 43.1 Å².